The molecule has 2 aromatic rings. The van der Waals surface area contributed by atoms with Crippen LogP contribution in [0.4, 0.5) is 0 Å². The second-order valence-electron chi connectivity index (χ2n) is 4.91. The van der Waals surface area contributed by atoms with Gasteiger partial charge in [-0.15, -0.1) is 0 Å². The molecule has 0 fully saturated rings. The van der Waals surface area contributed by atoms with Crippen molar-refractivity contribution in [3.05, 3.63) is 40.1 Å². The van der Waals surface area contributed by atoms with Crippen molar-refractivity contribution in [1.29, 1.82) is 0 Å². The Morgan fingerprint density at radius 3 is 2.42 bits per heavy atom. The van der Waals surface area contributed by atoms with E-state index in [0.29, 0.717) is 5.88 Å². The second kappa shape index (κ2) is 5.05. The van der Waals surface area contributed by atoms with Crippen LogP contribution in [0, 0.1) is 27.7 Å². The van der Waals surface area contributed by atoms with Gasteiger partial charge < -0.3 is 9.84 Å². The Balaban J connectivity index is 2.50. The smallest absolute Gasteiger partial charge is 0.223 e. The number of ether oxygens (including phenoxy) is 1. The van der Waals surface area contributed by atoms with Crippen molar-refractivity contribution in [1.82, 2.24) is 9.78 Å². The third kappa shape index (κ3) is 2.36. The Morgan fingerprint density at radius 1 is 1.16 bits per heavy atom. The van der Waals surface area contributed by atoms with Crippen LogP contribution in [0.25, 0.3) is 0 Å². The molecule has 4 nitrogen and oxygen atoms in total. The first kappa shape index (κ1) is 13.6. The molecule has 0 atom stereocenters. The molecular formula is C15H20N2O2. The Kier molecular flexibility index (Phi) is 3.62. The van der Waals surface area contributed by atoms with Gasteiger partial charge >= 0.3 is 0 Å². The average molecular weight is 260 g/mol. The predicted molar refractivity (Wildman–Crippen MR) is 74.6 cm³/mol. The number of aromatic nitrogens is 2. The highest BCUT2D eigenvalue weighted by molar-refractivity contribution is 5.47. The molecule has 0 bridgehead atoms. The minimum Gasteiger partial charge on any atom is -0.438 e. The average Bonchev–Trinajstić information content (AvgIpc) is 2.64. The molecule has 1 aromatic heterocycles. The highest BCUT2D eigenvalue weighted by Gasteiger charge is 2.17. The highest BCUT2D eigenvalue weighted by atomic mass is 16.5. The summed E-state index contributed by atoms with van der Waals surface area (Å²) in [6.45, 7) is 7.92. The molecule has 0 spiro atoms. The van der Waals surface area contributed by atoms with Gasteiger partial charge in [-0.05, 0) is 44.4 Å². The summed E-state index contributed by atoms with van der Waals surface area (Å²) in [7, 11) is 1.82. The Hall–Kier alpha value is -1.81. The van der Waals surface area contributed by atoms with Crippen LogP contribution in [0.2, 0.25) is 0 Å². The molecule has 0 radical (unpaired) electrons. The van der Waals surface area contributed by atoms with E-state index in [2.05, 4.69) is 18.1 Å². The third-order valence-electron chi connectivity index (χ3n) is 3.52. The van der Waals surface area contributed by atoms with Gasteiger partial charge in [0.25, 0.3) is 0 Å². The van der Waals surface area contributed by atoms with Crippen molar-refractivity contribution in [2.24, 2.45) is 7.05 Å². The maximum Gasteiger partial charge on any atom is 0.223 e. The minimum atomic E-state index is -0.0705. The van der Waals surface area contributed by atoms with Gasteiger partial charge in [0.1, 0.15) is 5.75 Å². The van der Waals surface area contributed by atoms with Crippen LogP contribution in [-0.4, -0.2) is 14.9 Å². The number of aliphatic hydroxyl groups is 1. The van der Waals surface area contributed by atoms with Crippen LogP contribution >= 0.6 is 0 Å². The Labute approximate surface area is 113 Å². The summed E-state index contributed by atoms with van der Waals surface area (Å²) in [6.07, 6.45) is 0. The van der Waals surface area contributed by atoms with Crippen LogP contribution in [0.1, 0.15) is 27.9 Å². The molecule has 0 aliphatic heterocycles. The topological polar surface area (TPSA) is 47.3 Å². The van der Waals surface area contributed by atoms with Gasteiger partial charge in [-0.25, -0.2) is 4.68 Å². The van der Waals surface area contributed by atoms with Crippen molar-refractivity contribution >= 4 is 0 Å². The summed E-state index contributed by atoms with van der Waals surface area (Å²) in [4.78, 5) is 0. The lowest BCUT2D eigenvalue weighted by Crippen LogP contribution is -2.00. The fourth-order valence-corrected chi connectivity index (χ4v) is 2.17. The van der Waals surface area contributed by atoms with E-state index in [1.54, 1.807) is 4.68 Å². The standard InChI is InChI=1S/C15H20N2O2/c1-9-6-7-10(2)14(11(9)3)19-15-13(8-18)12(4)16-17(15)5/h6-7,18H,8H2,1-5H3. The first-order chi connectivity index (χ1) is 8.95. The van der Waals surface area contributed by atoms with Gasteiger partial charge in [-0.2, -0.15) is 5.10 Å². The molecular weight excluding hydrogens is 240 g/mol. The van der Waals surface area contributed by atoms with Crippen LogP contribution in [0.3, 0.4) is 0 Å². The van der Waals surface area contributed by atoms with E-state index in [1.807, 2.05) is 33.9 Å². The van der Waals surface area contributed by atoms with Gasteiger partial charge in [-0.1, -0.05) is 12.1 Å². The third-order valence-corrected chi connectivity index (χ3v) is 3.52. The van der Waals surface area contributed by atoms with Gasteiger partial charge in [0.05, 0.1) is 17.9 Å². The number of hydrogen-bond donors (Lipinski definition) is 1. The minimum absolute atomic E-state index is 0.0705. The lowest BCUT2D eigenvalue weighted by molar-refractivity contribution is 0.274. The SMILES string of the molecule is Cc1ccc(C)c(Oc2c(CO)c(C)nn2C)c1C. The summed E-state index contributed by atoms with van der Waals surface area (Å²) in [5, 5.41) is 13.7. The first-order valence-corrected chi connectivity index (χ1v) is 6.33. The van der Waals surface area contributed by atoms with Crippen molar-refractivity contribution < 1.29 is 9.84 Å². The molecule has 1 N–H and O–H groups in total. The zero-order valence-corrected chi connectivity index (χ0v) is 12.1. The molecule has 1 aromatic carbocycles. The van der Waals surface area contributed by atoms with E-state index in [0.717, 1.165) is 28.1 Å². The summed E-state index contributed by atoms with van der Waals surface area (Å²) in [6, 6.07) is 4.12. The van der Waals surface area contributed by atoms with Crippen LogP contribution < -0.4 is 4.74 Å². The number of nitrogens with zero attached hydrogens (tertiary/aromatic N) is 2. The van der Waals surface area contributed by atoms with Gasteiger partial charge in [0, 0.05) is 7.05 Å². The zero-order chi connectivity index (χ0) is 14.2. The molecule has 4 heteroatoms. The number of rotatable bonds is 3. The summed E-state index contributed by atoms with van der Waals surface area (Å²) >= 11 is 0. The highest BCUT2D eigenvalue weighted by Crippen LogP contribution is 2.33. The van der Waals surface area contributed by atoms with Gasteiger partial charge in [-0.3, -0.25) is 0 Å². The second-order valence-corrected chi connectivity index (χ2v) is 4.91. The molecule has 0 aliphatic rings. The molecule has 1 heterocycles. The van der Waals surface area contributed by atoms with E-state index in [9.17, 15) is 5.11 Å². The zero-order valence-electron chi connectivity index (χ0n) is 12.1. The molecule has 0 amide bonds. The molecule has 0 saturated carbocycles. The molecule has 19 heavy (non-hydrogen) atoms. The lowest BCUT2D eigenvalue weighted by atomic mass is 10.1. The van der Waals surface area contributed by atoms with Gasteiger partial charge in [0.2, 0.25) is 5.88 Å². The quantitative estimate of drug-likeness (QED) is 0.923. The first-order valence-electron chi connectivity index (χ1n) is 6.33. The summed E-state index contributed by atoms with van der Waals surface area (Å²) < 4.78 is 7.70. The monoisotopic (exact) mass is 260 g/mol. The van der Waals surface area contributed by atoms with Crippen molar-refractivity contribution in [2.45, 2.75) is 34.3 Å². The van der Waals surface area contributed by atoms with Crippen LogP contribution in [-0.2, 0) is 13.7 Å². The number of benzene rings is 1. The maximum atomic E-state index is 9.45. The molecule has 102 valence electrons. The Bertz CT molecular complexity index is 615. The van der Waals surface area contributed by atoms with E-state index >= 15 is 0 Å². The number of hydrogen-bond acceptors (Lipinski definition) is 3. The van der Waals surface area contributed by atoms with Crippen LogP contribution in [0.15, 0.2) is 12.1 Å². The fourth-order valence-electron chi connectivity index (χ4n) is 2.17. The number of aliphatic hydroxyl groups excluding tert-OH is 1. The normalized spacial score (nSPS) is 10.8. The molecule has 0 unspecified atom stereocenters. The number of aryl methyl sites for hydroxylation is 4. The summed E-state index contributed by atoms with van der Waals surface area (Å²) in [5.74, 6) is 1.45. The van der Waals surface area contributed by atoms with E-state index < -0.39 is 0 Å². The largest absolute Gasteiger partial charge is 0.438 e. The van der Waals surface area contributed by atoms with Gasteiger partial charge in [0.15, 0.2) is 0 Å². The maximum absolute atomic E-state index is 9.45. The van der Waals surface area contributed by atoms with Crippen molar-refractivity contribution in [3.8, 4) is 11.6 Å². The Morgan fingerprint density at radius 2 is 1.79 bits per heavy atom. The fraction of sp³-hybridized carbons (Fsp3) is 0.400. The molecule has 2 rings (SSSR count). The van der Waals surface area contributed by atoms with E-state index in [-0.39, 0.29) is 6.61 Å². The van der Waals surface area contributed by atoms with E-state index in [1.165, 1.54) is 5.56 Å². The summed E-state index contributed by atoms with van der Waals surface area (Å²) in [5.41, 5.74) is 4.91. The molecule has 0 saturated heterocycles. The van der Waals surface area contributed by atoms with Crippen molar-refractivity contribution in [2.75, 3.05) is 0 Å². The van der Waals surface area contributed by atoms with Crippen LogP contribution in [0.5, 0.6) is 11.6 Å². The van der Waals surface area contributed by atoms with E-state index in [4.69, 9.17) is 4.74 Å². The lowest BCUT2D eigenvalue weighted by Gasteiger charge is -2.14. The predicted octanol–water partition coefficient (Wildman–Crippen LogP) is 2.94. The molecule has 0 aliphatic carbocycles. The van der Waals surface area contributed by atoms with Crippen molar-refractivity contribution in [3.63, 3.8) is 0 Å².